The van der Waals surface area contributed by atoms with E-state index in [9.17, 15) is 0 Å². The smallest absolute Gasteiger partial charge is 0.171 e. The molecule has 0 saturated heterocycles. The fourth-order valence-electron chi connectivity index (χ4n) is 3.80. The second-order valence-electron chi connectivity index (χ2n) is 8.10. The summed E-state index contributed by atoms with van der Waals surface area (Å²) in [4.78, 5) is 1.28. The van der Waals surface area contributed by atoms with E-state index in [2.05, 4.69) is 115 Å². The third-order valence-electron chi connectivity index (χ3n) is 5.51. The van der Waals surface area contributed by atoms with Gasteiger partial charge in [0.05, 0.1) is 6.04 Å². The fourth-order valence-corrected chi connectivity index (χ4v) is 4.91. The molecule has 0 bridgehead atoms. The molecule has 0 aromatic heterocycles. The summed E-state index contributed by atoms with van der Waals surface area (Å²) in [5.74, 6) is 0.940. The molecule has 4 heteroatoms. The number of thiocarbonyl (C=S) groups is 1. The van der Waals surface area contributed by atoms with Gasteiger partial charge < -0.3 is 10.6 Å². The Labute approximate surface area is 206 Å². The van der Waals surface area contributed by atoms with E-state index >= 15 is 0 Å². The molecule has 2 N–H and O–H groups in total. The predicted octanol–water partition coefficient (Wildman–Crippen LogP) is 7.67. The van der Waals surface area contributed by atoms with Crippen LogP contribution in [-0.4, -0.2) is 5.11 Å². The number of hydrogen-bond donors (Lipinski definition) is 2. The van der Waals surface area contributed by atoms with Crippen LogP contribution < -0.4 is 10.6 Å². The normalized spacial score (nSPS) is 11.6. The van der Waals surface area contributed by atoms with E-state index in [0.29, 0.717) is 5.11 Å². The molecule has 0 aliphatic carbocycles. The van der Waals surface area contributed by atoms with Gasteiger partial charge in [0.15, 0.2) is 5.11 Å². The van der Waals surface area contributed by atoms with E-state index in [1.165, 1.54) is 32.7 Å². The van der Waals surface area contributed by atoms with Crippen molar-refractivity contribution in [1.82, 2.24) is 5.32 Å². The second-order valence-corrected chi connectivity index (χ2v) is 9.56. The van der Waals surface area contributed by atoms with Gasteiger partial charge in [0.1, 0.15) is 0 Å². The van der Waals surface area contributed by atoms with Gasteiger partial charge in [0, 0.05) is 16.3 Å². The first kappa shape index (κ1) is 23.1. The van der Waals surface area contributed by atoms with E-state index in [1.807, 2.05) is 23.9 Å². The lowest BCUT2D eigenvalue weighted by Crippen LogP contribution is -2.33. The minimum Gasteiger partial charge on any atom is -0.352 e. The summed E-state index contributed by atoms with van der Waals surface area (Å²) < 4.78 is 0. The average molecular weight is 469 g/mol. The molecule has 4 rings (SSSR count). The first-order chi connectivity index (χ1) is 16.1. The summed E-state index contributed by atoms with van der Waals surface area (Å²) in [7, 11) is 0. The zero-order valence-corrected chi connectivity index (χ0v) is 20.5. The van der Waals surface area contributed by atoms with Crippen LogP contribution in [0.15, 0.2) is 108 Å². The van der Waals surface area contributed by atoms with E-state index in [-0.39, 0.29) is 6.04 Å². The lowest BCUT2D eigenvalue weighted by Gasteiger charge is -2.24. The first-order valence-corrected chi connectivity index (χ1v) is 12.4. The summed E-state index contributed by atoms with van der Waals surface area (Å²) in [5.41, 5.74) is 7.18. The fraction of sp³-hybridized carbons (Fsp3) is 0.138. The maximum Gasteiger partial charge on any atom is 0.171 e. The Balaban J connectivity index is 1.43. The van der Waals surface area contributed by atoms with Crippen molar-refractivity contribution in [2.45, 2.75) is 30.5 Å². The Morgan fingerprint density at radius 2 is 1.48 bits per heavy atom. The number of thioether (sulfide) groups is 1. The van der Waals surface area contributed by atoms with Gasteiger partial charge in [-0.15, -0.1) is 11.8 Å². The van der Waals surface area contributed by atoms with Crippen LogP contribution in [0.1, 0.15) is 33.9 Å². The summed E-state index contributed by atoms with van der Waals surface area (Å²) in [6.07, 6.45) is 0. The average Bonchev–Trinajstić information content (AvgIpc) is 2.84. The van der Waals surface area contributed by atoms with Gasteiger partial charge in [-0.3, -0.25) is 0 Å². The minimum atomic E-state index is -0.0201. The maximum absolute atomic E-state index is 5.70. The Hall–Kier alpha value is -3.08. The van der Waals surface area contributed by atoms with E-state index in [0.717, 1.165) is 11.4 Å². The van der Waals surface area contributed by atoms with Crippen LogP contribution in [0.2, 0.25) is 0 Å². The molecule has 0 saturated carbocycles. The molecule has 1 atom stereocenters. The zero-order chi connectivity index (χ0) is 23.0. The van der Waals surface area contributed by atoms with Crippen molar-refractivity contribution in [2.24, 2.45) is 0 Å². The third-order valence-corrected chi connectivity index (χ3v) is 6.81. The molecule has 4 aromatic rings. The molecule has 0 radical (unpaired) electrons. The summed E-state index contributed by atoms with van der Waals surface area (Å²) >= 11 is 7.54. The lowest BCUT2D eigenvalue weighted by atomic mass is 9.94. The molecule has 0 aliphatic heterocycles. The minimum absolute atomic E-state index is 0.0201. The van der Waals surface area contributed by atoms with E-state index in [1.54, 1.807) is 0 Å². The first-order valence-electron chi connectivity index (χ1n) is 11.0. The van der Waals surface area contributed by atoms with Crippen molar-refractivity contribution in [3.8, 4) is 0 Å². The highest BCUT2D eigenvalue weighted by Crippen LogP contribution is 2.26. The number of aryl methyl sites for hydroxylation is 2. The lowest BCUT2D eigenvalue weighted by molar-refractivity contribution is 0.762. The largest absolute Gasteiger partial charge is 0.352 e. The summed E-state index contributed by atoms with van der Waals surface area (Å²) in [6.45, 7) is 4.28. The third kappa shape index (κ3) is 6.47. The van der Waals surface area contributed by atoms with Crippen molar-refractivity contribution in [1.29, 1.82) is 0 Å². The molecule has 0 unspecified atom stereocenters. The van der Waals surface area contributed by atoms with Gasteiger partial charge in [-0.05, 0) is 72.6 Å². The van der Waals surface area contributed by atoms with Crippen LogP contribution in [-0.2, 0) is 5.75 Å². The molecule has 33 heavy (non-hydrogen) atoms. The number of rotatable bonds is 7. The van der Waals surface area contributed by atoms with E-state index < -0.39 is 0 Å². The van der Waals surface area contributed by atoms with Crippen LogP contribution in [0.3, 0.4) is 0 Å². The van der Waals surface area contributed by atoms with Crippen LogP contribution in [0.5, 0.6) is 0 Å². The molecule has 0 heterocycles. The van der Waals surface area contributed by atoms with Crippen molar-refractivity contribution in [2.75, 3.05) is 5.32 Å². The van der Waals surface area contributed by atoms with Crippen molar-refractivity contribution in [3.63, 3.8) is 0 Å². The second kappa shape index (κ2) is 11.2. The van der Waals surface area contributed by atoms with Gasteiger partial charge in [-0.25, -0.2) is 0 Å². The van der Waals surface area contributed by atoms with Gasteiger partial charge in [0.2, 0.25) is 0 Å². The molecule has 0 amide bonds. The quantitative estimate of drug-likeness (QED) is 0.215. The predicted molar refractivity (Wildman–Crippen MR) is 146 cm³/mol. The highest BCUT2D eigenvalue weighted by atomic mass is 32.2. The van der Waals surface area contributed by atoms with Crippen LogP contribution in [0.4, 0.5) is 5.69 Å². The topological polar surface area (TPSA) is 24.1 Å². The molecular formula is C29H28N2S2. The number of anilines is 1. The van der Waals surface area contributed by atoms with Crippen LogP contribution >= 0.6 is 24.0 Å². The van der Waals surface area contributed by atoms with Crippen molar-refractivity contribution >= 4 is 34.8 Å². The van der Waals surface area contributed by atoms with E-state index in [4.69, 9.17) is 12.2 Å². The van der Waals surface area contributed by atoms with Gasteiger partial charge in [0.25, 0.3) is 0 Å². The zero-order valence-electron chi connectivity index (χ0n) is 18.9. The number of benzene rings is 4. The van der Waals surface area contributed by atoms with Crippen molar-refractivity contribution in [3.05, 3.63) is 131 Å². The van der Waals surface area contributed by atoms with Gasteiger partial charge >= 0.3 is 0 Å². The highest BCUT2D eigenvalue weighted by Gasteiger charge is 2.17. The molecule has 0 aliphatic rings. The number of hydrogen-bond acceptors (Lipinski definition) is 2. The molecule has 0 spiro atoms. The Kier molecular flexibility index (Phi) is 7.82. The summed E-state index contributed by atoms with van der Waals surface area (Å²) in [5, 5.41) is 7.50. The SMILES string of the molecule is Cc1ccc([C@@H](NC(=S)Nc2ccc(CSc3ccccc3)cc2)c2ccccc2)c(C)c1. The Morgan fingerprint density at radius 1 is 0.818 bits per heavy atom. The van der Waals surface area contributed by atoms with Gasteiger partial charge in [-0.2, -0.15) is 0 Å². The molecule has 0 fully saturated rings. The molecule has 4 aromatic carbocycles. The van der Waals surface area contributed by atoms with Crippen LogP contribution in [0.25, 0.3) is 0 Å². The maximum atomic E-state index is 5.70. The molecule has 166 valence electrons. The van der Waals surface area contributed by atoms with Gasteiger partial charge in [-0.1, -0.05) is 84.4 Å². The number of nitrogens with one attached hydrogen (secondary N) is 2. The summed E-state index contributed by atoms with van der Waals surface area (Å²) in [6, 6.07) is 35.9. The van der Waals surface area contributed by atoms with Crippen molar-refractivity contribution < 1.29 is 0 Å². The molecule has 2 nitrogen and oxygen atoms in total. The Morgan fingerprint density at radius 3 is 2.15 bits per heavy atom. The molecular weight excluding hydrogens is 440 g/mol. The monoisotopic (exact) mass is 468 g/mol. The Bertz CT molecular complexity index is 1190. The van der Waals surface area contributed by atoms with Crippen LogP contribution in [0, 0.1) is 13.8 Å². The highest BCUT2D eigenvalue weighted by molar-refractivity contribution is 7.98. The standard InChI is InChI=1S/C29H28N2S2/c1-21-13-18-27(22(2)19-21)28(24-9-5-3-6-10-24)31-29(32)30-25-16-14-23(15-17-25)20-33-26-11-7-4-8-12-26/h3-19,28H,20H2,1-2H3,(H2,30,31,32)/t28-/m0/s1.